The number of rotatable bonds is 1. The maximum absolute atomic E-state index is 5.88. The zero-order chi connectivity index (χ0) is 10.1. The van der Waals surface area contributed by atoms with E-state index in [2.05, 4.69) is 37.4 Å². The van der Waals surface area contributed by atoms with Crippen LogP contribution in [0.5, 0.6) is 0 Å². The molecule has 1 aromatic heterocycles. The molecule has 2 aromatic rings. The van der Waals surface area contributed by atoms with Crippen LogP contribution in [0.1, 0.15) is 11.1 Å². The summed E-state index contributed by atoms with van der Waals surface area (Å²) in [4.78, 5) is 0. The summed E-state index contributed by atoms with van der Waals surface area (Å²) in [7, 11) is 0. The molecule has 0 unspecified atom stereocenters. The van der Waals surface area contributed by atoms with Crippen LogP contribution in [-0.2, 0) is 0 Å². The summed E-state index contributed by atoms with van der Waals surface area (Å²) in [5.41, 5.74) is 4.87. The van der Waals surface area contributed by atoms with Gasteiger partial charge in [0.2, 0.25) is 0 Å². The third-order valence-electron chi connectivity index (χ3n) is 2.19. The molecule has 1 aromatic carbocycles. The maximum Gasteiger partial charge on any atom is 2.00 e. The summed E-state index contributed by atoms with van der Waals surface area (Å²) in [5.74, 6) is 0. The van der Waals surface area contributed by atoms with Crippen molar-refractivity contribution in [2.75, 3.05) is 0 Å². The average Bonchev–Trinajstić information content (AvgIpc) is 2.51. The molecule has 0 N–H and O–H groups in total. The largest absolute Gasteiger partial charge is 2.00 e. The van der Waals surface area contributed by atoms with Crippen molar-refractivity contribution < 1.29 is 17.0 Å². The second-order valence-corrected chi connectivity index (χ2v) is 4.86. The first-order chi connectivity index (χ1) is 6.66. The van der Waals surface area contributed by atoms with E-state index in [-0.39, 0.29) is 40.0 Å². The van der Waals surface area contributed by atoms with E-state index in [1.165, 1.54) is 28.0 Å². The third-order valence-corrected chi connectivity index (χ3v) is 3.16. The molecule has 2 rings (SSSR count). The molecule has 0 saturated heterocycles. The Bertz CT molecular complexity index is 468. The fourth-order valence-corrected chi connectivity index (χ4v) is 2.30. The molecule has 0 amide bonds. The van der Waals surface area contributed by atoms with Gasteiger partial charge in [0.05, 0.1) is 0 Å². The molecule has 1 heterocycles. The Morgan fingerprint density at radius 2 is 1.88 bits per heavy atom. The van der Waals surface area contributed by atoms with Gasteiger partial charge in [0.25, 0.3) is 0 Å². The number of hydrogen-bond acceptors (Lipinski definition) is 1. The van der Waals surface area contributed by atoms with Gasteiger partial charge in [-0.15, -0.1) is 23.2 Å². The van der Waals surface area contributed by atoms with Gasteiger partial charge >= 0.3 is 23.1 Å². The number of halogens is 2. The Kier molecular flexibility index (Phi) is 7.22. The Labute approximate surface area is 132 Å². The molecule has 80 valence electrons. The van der Waals surface area contributed by atoms with Crippen LogP contribution in [0.3, 0.4) is 0 Å². The van der Waals surface area contributed by atoms with Crippen LogP contribution >= 0.6 is 22.9 Å². The van der Waals surface area contributed by atoms with Crippen molar-refractivity contribution in [1.29, 1.82) is 0 Å². The zero-order valence-corrected chi connectivity index (χ0v) is 13.8. The summed E-state index contributed by atoms with van der Waals surface area (Å²) in [6.45, 7) is 4.21. The second-order valence-electron chi connectivity index (χ2n) is 3.38. The van der Waals surface area contributed by atoms with Gasteiger partial charge in [0, 0.05) is 0 Å². The van der Waals surface area contributed by atoms with E-state index >= 15 is 0 Å². The van der Waals surface area contributed by atoms with Crippen molar-refractivity contribution in [2.45, 2.75) is 13.8 Å². The van der Waals surface area contributed by atoms with Gasteiger partial charge in [-0.05, 0) is 18.2 Å². The summed E-state index contributed by atoms with van der Waals surface area (Å²) < 4.78 is 0.792. The minimum absolute atomic E-state index is 0. The molecular weight excluding hydrogens is 316 g/mol. The quantitative estimate of drug-likeness (QED) is 0.544. The van der Waals surface area contributed by atoms with E-state index in [9.17, 15) is 0 Å². The van der Waals surface area contributed by atoms with Crippen LogP contribution in [-0.4, -0.2) is 23.1 Å². The van der Waals surface area contributed by atoms with Crippen LogP contribution < -0.4 is 17.0 Å². The van der Waals surface area contributed by atoms with E-state index < -0.39 is 0 Å². The molecule has 0 aliphatic heterocycles. The molecule has 0 fully saturated rings. The fourth-order valence-electron chi connectivity index (χ4n) is 1.52. The van der Waals surface area contributed by atoms with Gasteiger partial charge in [-0.2, -0.15) is 0 Å². The van der Waals surface area contributed by atoms with Crippen molar-refractivity contribution >= 4 is 46.0 Å². The zero-order valence-electron chi connectivity index (χ0n) is 9.18. The number of benzene rings is 1. The van der Waals surface area contributed by atoms with Crippen LogP contribution in [0.4, 0.5) is 0 Å². The van der Waals surface area contributed by atoms with Gasteiger partial charge in [0.1, 0.15) is 0 Å². The van der Waals surface area contributed by atoms with E-state index in [4.69, 9.17) is 11.6 Å². The summed E-state index contributed by atoms with van der Waals surface area (Å²) in [6, 6.07) is 8.37. The third kappa shape index (κ3) is 3.74. The van der Waals surface area contributed by atoms with Crippen LogP contribution in [0.2, 0.25) is 4.34 Å². The van der Waals surface area contributed by atoms with Gasteiger partial charge in [-0.3, -0.25) is 0 Å². The monoisotopic (exact) mass is 324 g/mol. The topological polar surface area (TPSA) is 0 Å². The fraction of sp³-hybridized carbons (Fsp3) is 0.167. The van der Waals surface area contributed by atoms with Gasteiger partial charge in [0.15, 0.2) is 0 Å². The Morgan fingerprint density at radius 3 is 2.38 bits per heavy atom. The van der Waals surface area contributed by atoms with E-state index in [1.807, 2.05) is 6.07 Å². The SMILES string of the molecule is Cc1ccc(-c2[c-]sc(Cl)c2)c(C)c1.[Br-].[Mg+2]. The minimum atomic E-state index is 0. The maximum atomic E-state index is 5.88. The van der Waals surface area contributed by atoms with E-state index in [1.54, 1.807) is 0 Å². The Morgan fingerprint density at radius 1 is 1.19 bits per heavy atom. The molecule has 0 saturated carbocycles. The standard InChI is InChI=1S/C12H10ClS.BrH.Mg/c1-8-3-4-11(9(2)5-8)10-6-12(13)14-7-10;;/h3-6H,1-2H3;1H;/q-1;;+2/p-1. The molecule has 0 spiro atoms. The van der Waals surface area contributed by atoms with Gasteiger partial charge < -0.3 is 17.0 Å². The van der Waals surface area contributed by atoms with E-state index in [0.29, 0.717) is 0 Å². The normalized spacial score (nSPS) is 9.19. The molecular formula is C12H10BrClMgS. The average molecular weight is 326 g/mol. The van der Waals surface area contributed by atoms with Crippen LogP contribution in [0.25, 0.3) is 11.1 Å². The Balaban J connectivity index is 0.00000112. The molecule has 0 aliphatic rings. The molecule has 0 aliphatic carbocycles. The van der Waals surface area contributed by atoms with Crippen LogP contribution in [0.15, 0.2) is 24.3 Å². The summed E-state index contributed by atoms with van der Waals surface area (Å²) in [6.07, 6.45) is 0. The minimum Gasteiger partial charge on any atom is -1.00 e. The molecule has 0 atom stereocenters. The predicted octanol–water partition coefficient (Wildman–Crippen LogP) is 1.11. The van der Waals surface area contributed by atoms with Gasteiger partial charge in [-0.25, -0.2) is 11.3 Å². The second kappa shape index (κ2) is 7.02. The smallest absolute Gasteiger partial charge is 1.00 e. The van der Waals surface area contributed by atoms with Gasteiger partial charge in [-0.1, -0.05) is 40.3 Å². The van der Waals surface area contributed by atoms with Crippen molar-refractivity contribution in [3.63, 3.8) is 0 Å². The molecule has 0 bridgehead atoms. The molecule has 16 heavy (non-hydrogen) atoms. The molecule has 0 radical (unpaired) electrons. The first-order valence-electron chi connectivity index (χ1n) is 4.41. The Hall–Kier alpha value is 0.456. The van der Waals surface area contributed by atoms with Crippen molar-refractivity contribution in [3.05, 3.63) is 45.1 Å². The summed E-state index contributed by atoms with van der Waals surface area (Å²) >= 11 is 7.33. The van der Waals surface area contributed by atoms with Crippen LogP contribution in [0, 0.1) is 19.2 Å². The van der Waals surface area contributed by atoms with Crippen molar-refractivity contribution in [1.82, 2.24) is 0 Å². The van der Waals surface area contributed by atoms with Crippen molar-refractivity contribution in [3.8, 4) is 11.1 Å². The van der Waals surface area contributed by atoms with Crippen molar-refractivity contribution in [2.24, 2.45) is 0 Å². The molecule has 4 heteroatoms. The number of thiophene rings is 1. The number of aryl methyl sites for hydroxylation is 2. The van der Waals surface area contributed by atoms with E-state index in [0.717, 1.165) is 9.90 Å². The summed E-state index contributed by atoms with van der Waals surface area (Å²) in [5, 5.41) is 3.19. The predicted molar refractivity (Wildman–Crippen MR) is 68.8 cm³/mol. The first-order valence-corrected chi connectivity index (χ1v) is 5.61. The number of hydrogen-bond donors (Lipinski definition) is 0. The molecule has 0 nitrogen and oxygen atoms in total. The first kappa shape index (κ1) is 16.5.